The second-order valence-corrected chi connectivity index (χ2v) is 7.27. The molecule has 5 nitrogen and oxygen atoms in total. The molecule has 1 aliphatic carbocycles. The standard InChI is InChI=1S/C22H24N2O3/c25-21(23-14-15-6-8-16(9-7-15)17-10-11-17)18-3-1-4-19(13-18)24-22(26)20-5-2-12-27-20/h1,3-4,6-9,13,17,20H,2,5,10-12,14H2,(H,23,25)(H,24,26)/t20-/m1/s1. The zero-order valence-electron chi connectivity index (χ0n) is 15.2. The highest BCUT2D eigenvalue weighted by molar-refractivity contribution is 5.98. The van der Waals surface area contributed by atoms with Crippen LogP contribution in [0.2, 0.25) is 0 Å². The summed E-state index contributed by atoms with van der Waals surface area (Å²) >= 11 is 0. The van der Waals surface area contributed by atoms with E-state index in [1.807, 2.05) is 0 Å². The lowest BCUT2D eigenvalue weighted by Gasteiger charge is -2.11. The van der Waals surface area contributed by atoms with Crippen molar-refractivity contribution in [2.75, 3.05) is 11.9 Å². The summed E-state index contributed by atoms with van der Waals surface area (Å²) < 4.78 is 5.39. The fourth-order valence-electron chi connectivity index (χ4n) is 3.35. The lowest BCUT2D eigenvalue weighted by atomic mass is 10.1. The fraction of sp³-hybridized carbons (Fsp3) is 0.364. The van der Waals surface area contributed by atoms with Gasteiger partial charge in [-0.2, -0.15) is 0 Å². The first-order chi connectivity index (χ1) is 13.2. The number of carbonyl (C=O) groups is 2. The van der Waals surface area contributed by atoms with E-state index in [0.717, 1.165) is 24.3 Å². The maximum absolute atomic E-state index is 12.4. The van der Waals surface area contributed by atoms with Gasteiger partial charge in [-0.25, -0.2) is 0 Å². The molecule has 1 heterocycles. The smallest absolute Gasteiger partial charge is 0.253 e. The molecule has 2 aliphatic rings. The van der Waals surface area contributed by atoms with Gasteiger partial charge in [-0.15, -0.1) is 0 Å². The van der Waals surface area contributed by atoms with Gasteiger partial charge in [0, 0.05) is 24.4 Å². The minimum Gasteiger partial charge on any atom is -0.368 e. The minimum atomic E-state index is -0.388. The number of nitrogens with one attached hydrogen (secondary N) is 2. The molecule has 2 amide bonds. The third-order valence-corrected chi connectivity index (χ3v) is 5.10. The Balaban J connectivity index is 1.33. The molecule has 2 aromatic carbocycles. The van der Waals surface area contributed by atoms with Crippen molar-refractivity contribution < 1.29 is 14.3 Å². The van der Waals surface area contributed by atoms with E-state index in [9.17, 15) is 9.59 Å². The van der Waals surface area contributed by atoms with Crippen molar-refractivity contribution in [2.24, 2.45) is 0 Å². The number of hydrogen-bond donors (Lipinski definition) is 2. The van der Waals surface area contributed by atoms with Gasteiger partial charge in [-0.05, 0) is 60.9 Å². The van der Waals surface area contributed by atoms with Crippen LogP contribution < -0.4 is 10.6 Å². The summed E-state index contributed by atoms with van der Waals surface area (Å²) in [6, 6.07) is 15.4. The van der Waals surface area contributed by atoms with E-state index in [4.69, 9.17) is 4.74 Å². The summed E-state index contributed by atoms with van der Waals surface area (Å²) in [5.74, 6) is 0.427. The molecule has 0 unspecified atom stereocenters. The molecule has 2 N–H and O–H groups in total. The third-order valence-electron chi connectivity index (χ3n) is 5.10. The van der Waals surface area contributed by atoms with Crippen LogP contribution in [0.25, 0.3) is 0 Å². The lowest BCUT2D eigenvalue weighted by Crippen LogP contribution is -2.27. The highest BCUT2D eigenvalue weighted by atomic mass is 16.5. The van der Waals surface area contributed by atoms with Crippen molar-refractivity contribution in [2.45, 2.75) is 44.2 Å². The zero-order chi connectivity index (χ0) is 18.6. The van der Waals surface area contributed by atoms with Crippen molar-refractivity contribution >= 4 is 17.5 Å². The average Bonchev–Trinajstić information content (AvgIpc) is 3.40. The van der Waals surface area contributed by atoms with E-state index in [0.29, 0.717) is 24.4 Å². The molecule has 1 saturated heterocycles. The van der Waals surface area contributed by atoms with Crippen LogP contribution in [-0.2, 0) is 16.1 Å². The topological polar surface area (TPSA) is 67.4 Å². The summed E-state index contributed by atoms with van der Waals surface area (Å²) in [4.78, 5) is 24.6. The second-order valence-electron chi connectivity index (χ2n) is 7.27. The molecule has 1 saturated carbocycles. The van der Waals surface area contributed by atoms with Gasteiger partial charge in [0.2, 0.25) is 0 Å². The van der Waals surface area contributed by atoms with Gasteiger partial charge in [0.25, 0.3) is 11.8 Å². The van der Waals surface area contributed by atoms with Crippen molar-refractivity contribution in [1.82, 2.24) is 5.32 Å². The molecule has 1 atom stereocenters. The Kier molecular flexibility index (Phi) is 5.21. The first-order valence-electron chi connectivity index (χ1n) is 9.58. The Morgan fingerprint density at radius 2 is 1.85 bits per heavy atom. The molecule has 0 radical (unpaired) electrons. The van der Waals surface area contributed by atoms with Gasteiger partial charge >= 0.3 is 0 Å². The number of rotatable bonds is 6. The maximum Gasteiger partial charge on any atom is 0.253 e. The van der Waals surface area contributed by atoms with Gasteiger partial charge in [0.1, 0.15) is 6.10 Å². The van der Waals surface area contributed by atoms with Crippen LogP contribution in [0.15, 0.2) is 48.5 Å². The van der Waals surface area contributed by atoms with Crippen LogP contribution >= 0.6 is 0 Å². The Bertz CT molecular complexity index is 822. The molecule has 1 aliphatic heterocycles. The predicted molar refractivity (Wildman–Crippen MR) is 104 cm³/mol. The molecule has 140 valence electrons. The number of ether oxygens (including phenoxy) is 1. The summed E-state index contributed by atoms with van der Waals surface area (Å²) in [6.07, 6.45) is 3.83. The van der Waals surface area contributed by atoms with E-state index in [-0.39, 0.29) is 17.9 Å². The first-order valence-corrected chi connectivity index (χ1v) is 9.58. The Morgan fingerprint density at radius 3 is 2.56 bits per heavy atom. The Morgan fingerprint density at radius 1 is 1.04 bits per heavy atom. The molecule has 2 fully saturated rings. The quantitative estimate of drug-likeness (QED) is 0.823. The first kappa shape index (κ1) is 17.7. The normalized spacial score (nSPS) is 18.9. The molecule has 0 bridgehead atoms. The van der Waals surface area contributed by atoms with Crippen LogP contribution in [0, 0.1) is 0 Å². The SMILES string of the molecule is O=C(NCc1ccc(C2CC2)cc1)c1cccc(NC(=O)[C@H]2CCCO2)c1. The summed E-state index contributed by atoms with van der Waals surface area (Å²) in [7, 11) is 0. The maximum atomic E-state index is 12.4. The molecule has 27 heavy (non-hydrogen) atoms. The average molecular weight is 364 g/mol. The van der Waals surface area contributed by atoms with E-state index < -0.39 is 0 Å². The van der Waals surface area contributed by atoms with Gasteiger partial charge in [-0.3, -0.25) is 9.59 Å². The number of anilines is 1. The van der Waals surface area contributed by atoms with E-state index in [1.165, 1.54) is 18.4 Å². The number of hydrogen-bond acceptors (Lipinski definition) is 3. The molecular weight excluding hydrogens is 340 g/mol. The van der Waals surface area contributed by atoms with Gasteiger partial charge in [0.15, 0.2) is 0 Å². The largest absolute Gasteiger partial charge is 0.368 e. The molecule has 2 aromatic rings. The van der Waals surface area contributed by atoms with Crippen molar-refractivity contribution in [1.29, 1.82) is 0 Å². The fourth-order valence-corrected chi connectivity index (χ4v) is 3.35. The van der Waals surface area contributed by atoms with Crippen LogP contribution in [0.5, 0.6) is 0 Å². The summed E-state index contributed by atoms with van der Waals surface area (Å²) in [5.41, 5.74) is 3.60. The summed E-state index contributed by atoms with van der Waals surface area (Å²) in [6.45, 7) is 1.11. The van der Waals surface area contributed by atoms with Crippen molar-refractivity contribution in [3.63, 3.8) is 0 Å². The number of amides is 2. The van der Waals surface area contributed by atoms with Gasteiger partial charge in [0.05, 0.1) is 0 Å². The molecule has 5 heteroatoms. The van der Waals surface area contributed by atoms with Crippen molar-refractivity contribution in [3.05, 3.63) is 65.2 Å². The van der Waals surface area contributed by atoms with Gasteiger partial charge in [-0.1, -0.05) is 30.3 Å². The van der Waals surface area contributed by atoms with Crippen LogP contribution in [0.3, 0.4) is 0 Å². The highest BCUT2D eigenvalue weighted by Crippen LogP contribution is 2.39. The second kappa shape index (κ2) is 7.92. The number of benzene rings is 2. The molecule has 4 rings (SSSR count). The van der Waals surface area contributed by atoms with E-state index >= 15 is 0 Å². The minimum absolute atomic E-state index is 0.152. The van der Waals surface area contributed by atoms with Crippen LogP contribution in [0.1, 0.15) is 53.1 Å². The molecule has 0 spiro atoms. The zero-order valence-corrected chi connectivity index (χ0v) is 15.2. The van der Waals surface area contributed by atoms with E-state index in [1.54, 1.807) is 24.3 Å². The van der Waals surface area contributed by atoms with E-state index in [2.05, 4.69) is 34.9 Å². The summed E-state index contributed by atoms with van der Waals surface area (Å²) in [5, 5.41) is 5.77. The Labute approximate surface area is 159 Å². The van der Waals surface area contributed by atoms with Crippen molar-refractivity contribution in [3.8, 4) is 0 Å². The molecular formula is C22H24N2O3. The predicted octanol–water partition coefficient (Wildman–Crippen LogP) is 3.61. The third kappa shape index (κ3) is 4.55. The number of carbonyl (C=O) groups excluding carboxylic acids is 2. The van der Waals surface area contributed by atoms with Crippen LogP contribution in [0.4, 0.5) is 5.69 Å². The Hall–Kier alpha value is -2.66. The highest BCUT2D eigenvalue weighted by Gasteiger charge is 2.24. The van der Waals surface area contributed by atoms with Gasteiger partial charge < -0.3 is 15.4 Å². The lowest BCUT2D eigenvalue weighted by molar-refractivity contribution is -0.124. The van der Waals surface area contributed by atoms with Crippen LogP contribution in [-0.4, -0.2) is 24.5 Å². The molecule has 0 aromatic heterocycles. The monoisotopic (exact) mass is 364 g/mol.